The van der Waals surface area contributed by atoms with Gasteiger partial charge in [-0.3, -0.25) is 0 Å². The van der Waals surface area contributed by atoms with E-state index in [1.807, 2.05) is 12.1 Å². The van der Waals surface area contributed by atoms with E-state index in [-0.39, 0.29) is 10.4 Å². The summed E-state index contributed by atoms with van der Waals surface area (Å²) in [7, 11) is 0. The molecule has 1 saturated carbocycles. The van der Waals surface area contributed by atoms with Crippen LogP contribution < -0.4 is 4.90 Å². The fourth-order valence-electron chi connectivity index (χ4n) is 3.91. The first-order chi connectivity index (χ1) is 11.1. The number of hydrogen-bond donors (Lipinski definition) is 0. The average Bonchev–Trinajstić information content (AvgIpc) is 3.16. The van der Waals surface area contributed by atoms with Crippen LogP contribution in [0.25, 0.3) is 0 Å². The first-order valence-corrected chi connectivity index (χ1v) is 8.15. The smallest absolute Gasteiger partial charge is 0.143 e. The van der Waals surface area contributed by atoms with Crippen molar-refractivity contribution in [2.45, 2.75) is 31.1 Å². The standard InChI is InChI=1S/C18H15ClFN3/c19-14-5-4-13(9-15(14)20)23-11-18(7-1-2-8-18)17-16(23)6-3-12(10-21)22-17/h3-6,9H,1-2,7-8,11H2. The molecule has 116 valence electrons. The number of aromatic nitrogens is 1. The van der Waals surface area contributed by atoms with E-state index in [4.69, 9.17) is 16.9 Å². The molecule has 1 fully saturated rings. The summed E-state index contributed by atoms with van der Waals surface area (Å²) in [5, 5.41) is 9.29. The number of fused-ring (bicyclic) bond motifs is 2. The lowest BCUT2D eigenvalue weighted by molar-refractivity contribution is 0.465. The molecule has 1 aliphatic heterocycles. The highest BCUT2D eigenvalue weighted by molar-refractivity contribution is 6.30. The van der Waals surface area contributed by atoms with Crippen molar-refractivity contribution in [2.24, 2.45) is 0 Å². The van der Waals surface area contributed by atoms with Gasteiger partial charge < -0.3 is 4.90 Å². The molecule has 5 heteroatoms. The lowest BCUT2D eigenvalue weighted by Crippen LogP contribution is -2.29. The zero-order valence-electron chi connectivity index (χ0n) is 12.5. The Hall–Kier alpha value is -2.12. The molecule has 0 radical (unpaired) electrons. The van der Waals surface area contributed by atoms with Crippen LogP contribution in [0, 0.1) is 17.1 Å². The van der Waals surface area contributed by atoms with Gasteiger partial charge in [0.15, 0.2) is 0 Å². The third-order valence-corrected chi connectivity index (χ3v) is 5.32. The summed E-state index contributed by atoms with van der Waals surface area (Å²) >= 11 is 5.81. The van der Waals surface area contributed by atoms with E-state index >= 15 is 0 Å². The maximum atomic E-state index is 13.9. The van der Waals surface area contributed by atoms with Crippen molar-refractivity contribution in [2.75, 3.05) is 11.4 Å². The van der Waals surface area contributed by atoms with E-state index in [0.717, 1.165) is 36.5 Å². The highest BCUT2D eigenvalue weighted by Crippen LogP contribution is 2.51. The maximum absolute atomic E-state index is 13.9. The minimum atomic E-state index is -0.417. The molecule has 1 aliphatic carbocycles. The van der Waals surface area contributed by atoms with Crippen molar-refractivity contribution in [3.63, 3.8) is 0 Å². The lowest BCUT2D eigenvalue weighted by atomic mass is 9.84. The van der Waals surface area contributed by atoms with Gasteiger partial charge in [0.25, 0.3) is 0 Å². The Labute approximate surface area is 139 Å². The Bertz CT molecular complexity index is 822. The van der Waals surface area contributed by atoms with Gasteiger partial charge >= 0.3 is 0 Å². The first-order valence-electron chi connectivity index (χ1n) is 7.77. The van der Waals surface area contributed by atoms with Crippen molar-refractivity contribution in [3.8, 4) is 6.07 Å². The summed E-state index contributed by atoms with van der Waals surface area (Å²) in [6.07, 6.45) is 4.46. The van der Waals surface area contributed by atoms with Gasteiger partial charge in [-0.1, -0.05) is 24.4 Å². The maximum Gasteiger partial charge on any atom is 0.143 e. The molecule has 1 spiro atoms. The van der Waals surface area contributed by atoms with Gasteiger partial charge in [0, 0.05) is 17.6 Å². The average molecular weight is 328 g/mol. The number of pyridine rings is 1. The van der Waals surface area contributed by atoms with Crippen molar-refractivity contribution < 1.29 is 4.39 Å². The van der Waals surface area contributed by atoms with Crippen LogP contribution in [-0.4, -0.2) is 11.5 Å². The van der Waals surface area contributed by atoms with E-state index in [9.17, 15) is 4.39 Å². The Morgan fingerprint density at radius 2 is 2.00 bits per heavy atom. The molecule has 0 N–H and O–H groups in total. The topological polar surface area (TPSA) is 39.9 Å². The Morgan fingerprint density at radius 3 is 2.70 bits per heavy atom. The summed E-state index contributed by atoms with van der Waals surface area (Å²) < 4.78 is 13.9. The second-order valence-electron chi connectivity index (χ2n) is 6.35. The molecular weight excluding hydrogens is 313 g/mol. The van der Waals surface area contributed by atoms with Gasteiger partial charge in [0.1, 0.15) is 17.6 Å². The summed E-state index contributed by atoms with van der Waals surface area (Å²) in [4.78, 5) is 6.71. The van der Waals surface area contributed by atoms with Crippen LogP contribution in [-0.2, 0) is 5.41 Å². The minimum Gasteiger partial charge on any atom is -0.339 e. The quantitative estimate of drug-likeness (QED) is 0.761. The number of benzene rings is 1. The van der Waals surface area contributed by atoms with E-state index in [1.54, 1.807) is 12.1 Å². The number of anilines is 2. The number of nitriles is 1. The first kappa shape index (κ1) is 14.5. The van der Waals surface area contributed by atoms with Crippen molar-refractivity contribution >= 4 is 23.0 Å². The normalized spacial score (nSPS) is 18.2. The fourth-order valence-corrected chi connectivity index (χ4v) is 4.03. The van der Waals surface area contributed by atoms with Crippen LogP contribution in [0.5, 0.6) is 0 Å². The second kappa shape index (κ2) is 5.21. The third-order valence-electron chi connectivity index (χ3n) is 5.02. The molecule has 1 aromatic heterocycles. The fraction of sp³-hybridized carbons (Fsp3) is 0.333. The molecule has 0 unspecified atom stereocenters. The zero-order valence-corrected chi connectivity index (χ0v) is 13.3. The van der Waals surface area contributed by atoms with Gasteiger partial charge in [-0.15, -0.1) is 0 Å². The van der Waals surface area contributed by atoms with Gasteiger partial charge in [0.05, 0.1) is 16.4 Å². The van der Waals surface area contributed by atoms with Crippen molar-refractivity contribution in [1.29, 1.82) is 5.26 Å². The highest BCUT2D eigenvalue weighted by atomic mass is 35.5. The van der Waals surface area contributed by atoms with E-state index in [2.05, 4.69) is 16.0 Å². The molecule has 0 atom stereocenters. The summed E-state index contributed by atoms with van der Waals surface area (Å²) in [5.74, 6) is -0.417. The Kier molecular flexibility index (Phi) is 3.28. The van der Waals surface area contributed by atoms with Gasteiger partial charge in [-0.2, -0.15) is 5.26 Å². The largest absolute Gasteiger partial charge is 0.339 e. The van der Waals surface area contributed by atoms with Gasteiger partial charge in [-0.05, 0) is 43.2 Å². The lowest BCUT2D eigenvalue weighted by Gasteiger charge is -2.25. The Balaban J connectivity index is 1.85. The predicted molar refractivity (Wildman–Crippen MR) is 87.5 cm³/mol. The van der Waals surface area contributed by atoms with Gasteiger partial charge in [0.2, 0.25) is 0 Å². The van der Waals surface area contributed by atoms with Crippen LogP contribution in [0.1, 0.15) is 37.1 Å². The SMILES string of the molecule is N#Cc1ccc2c(n1)C1(CCCC1)CN2c1ccc(Cl)c(F)c1. The molecule has 0 bridgehead atoms. The number of halogens is 2. The third kappa shape index (κ3) is 2.19. The van der Waals surface area contributed by atoms with Crippen LogP contribution in [0.4, 0.5) is 15.8 Å². The molecule has 0 saturated heterocycles. The van der Waals surface area contributed by atoms with E-state index < -0.39 is 5.82 Å². The summed E-state index contributed by atoms with van der Waals surface area (Å²) in [6.45, 7) is 0.783. The van der Waals surface area contributed by atoms with Gasteiger partial charge in [-0.25, -0.2) is 9.37 Å². The van der Waals surface area contributed by atoms with Crippen LogP contribution in [0.15, 0.2) is 30.3 Å². The van der Waals surface area contributed by atoms with Crippen LogP contribution in [0.2, 0.25) is 5.02 Å². The minimum absolute atomic E-state index is 0.0156. The molecule has 2 aliphatic rings. The van der Waals surface area contributed by atoms with E-state index in [0.29, 0.717) is 5.69 Å². The van der Waals surface area contributed by atoms with Crippen molar-refractivity contribution in [3.05, 3.63) is 52.6 Å². The van der Waals surface area contributed by atoms with Crippen LogP contribution in [0.3, 0.4) is 0 Å². The molecule has 4 rings (SSSR count). The second-order valence-corrected chi connectivity index (χ2v) is 6.76. The number of nitrogens with zero attached hydrogens (tertiary/aromatic N) is 3. The predicted octanol–water partition coefficient (Wildman–Crippen LogP) is 4.71. The molecule has 2 heterocycles. The summed E-state index contributed by atoms with van der Waals surface area (Å²) in [5.41, 5.74) is 3.18. The number of rotatable bonds is 1. The zero-order chi connectivity index (χ0) is 16.0. The molecule has 23 heavy (non-hydrogen) atoms. The van der Waals surface area contributed by atoms with Crippen molar-refractivity contribution in [1.82, 2.24) is 4.98 Å². The molecule has 0 amide bonds. The molecular formula is C18H15ClFN3. The highest BCUT2D eigenvalue weighted by Gasteiger charge is 2.46. The molecule has 2 aromatic rings. The monoisotopic (exact) mass is 327 g/mol. The Morgan fingerprint density at radius 1 is 1.22 bits per heavy atom. The molecule has 3 nitrogen and oxygen atoms in total. The summed E-state index contributed by atoms with van der Waals surface area (Å²) in [6, 6.07) is 10.7. The van der Waals surface area contributed by atoms with Crippen LogP contribution >= 0.6 is 11.6 Å². The molecule has 1 aromatic carbocycles. The number of hydrogen-bond acceptors (Lipinski definition) is 3. The van der Waals surface area contributed by atoms with E-state index in [1.165, 1.54) is 18.9 Å².